The van der Waals surface area contributed by atoms with Crippen molar-refractivity contribution in [2.45, 2.75) is 26.4 Å². The van der Waals surface area contributed by atoms with Crippen LogP contribution >= 0.6 is 0 Å². The Morgan fingerprint density at radius 1 is 1.29 bits per heavy atom. The predicted octanol–water partition coefficient (Wildman–Crippen LogP) is 1.03. The second-order valence-electron chi connectivity index (χ2n) is 3.84. The van der Waals surface area contributed by atoms with Crippen molar-refractivity contribution in [3.63, 3.8) is 0 Å². The fourth-order valence-corrected chi connectivity index (χ4v) is 1.36. The summed E-state index contributed by atoms with van der Waals surface area (Å²) in [7, 11) is 0. The zero-order valence-corrected chi connectivity index (χ0v) is 8.36. The van der Waals surface area contributed by atoms with E-state index in [0.717, 1.165) is 0 Å². The molecule has 1 rings (SSSR count). The number of carbonyl (C=O) groups excluding carboxylic acids is 2. The first-order valence-corrected chi connectivity index (χ1v) is 4.66. The van der Waals surface area contributed by atoms with Crippen molar-refractivity contribution in [2.24, 2.45) is 5.92 Å². The van der Waals surface area contributed by atoms with Crippen LogP contribution in [0.3, 0.4) is 0 Å². The van der Waals surface area contributed by atoms with Crippen molar-refractivity contribution in [1.82, 2.24) is 0 Å². The van der Waals surface area contributed by atoms with Crippen LogP contribution in [0.5, 0.6) is 0 Å². The summed E-state index contributed by atoms with van der Waals surface area (Å²) in [6.07, 6.45) is 3.32. The number of aliphatic hydroxyl groups excluding tert-OH is 1. The van der Waals surface area contributed by atoms with E-state index in [1.165, 1.54) is 18.2 Å². The number of hydrogen-bond acceptors (Lipinski definition) is 3. The van der Waals surface area contributed by atoms with Crippen molar-refractivity contribution in [2.75, 3.05) is 0 Å². The third kappa shape index (κ3) is 2.64. The molecule has 0 saturated carbocycles. The fraction of sp³-hybridized carbons (Fsp3) is 0.455. The van der Waals surface area contributed by atoms with Gasteiger partial charge in [-0.3, -0.25) is 9.59 Å². The molecule has 0 fully saturated rings. The summed E-state index contributed by atoms with van der Waals surface area (Å²) in [6, 6.07) is 0. The number of rotatable bonds is 3. The Balaban J connectivity index is 2.76. The highest BCUT2D eigenvalue weighted by Gasteiger charge is 2.21. The molecule has 3 heteroatoms. The third-order valence-corrected chi connectivity index (χ3v) is 2.03. The third-order valence-electron chi connectivity index (χ3n) is 2.03. The fourth-order valence-electron chi connectivity index (χ4n) is 1.36. The molecule has 0 saturated heterocycles. The molecular weight excluding hydrogens is 180 g/mol. The van der Waals surface area contributed by atoms with Gasteiger partial charge in [-0.05, 0) is 30.6 Å². The summed E-state index contributed by atoms with van der Waals surface area (Å²) in [6.45, 7) is 3.91. The molecule has 0 aromatic carbocycles. The Kier molecular flexibility index (Phi) is 3.36. The molecule has 1 unspecified atom stereocenters. The smallest absolute Gasteiger partial charge is 0.184 e. The van der Waals surface area contributed by atoms with Crippen molar-refractivity contribution in [3.05, 3.63) is 23.8 Å². The zero-order valence-electron chi connectivity index (χ0n) is 8.36. The van der Waals surface area contributed by atoms with E-state index >= 15 is 0 Å². The van der Waals surface area contributed by atoms with E-state index in [-0.39, 0.29) is 17.1 Å². The minimum Gasteiger partial charge on any atom is -0.388 e. The zero-order chi connectivity index (χ0) is 10.7. The van der Waals surface area contributed by atoms with Crippen LogP contribution in [-0.4, -0.2) is 22.8 Å². The van der Waals surface area contributed by atoms with Crippen LogP contribution in [0.2, 0.25) is 0 Å². The highest BCUT2D eigenvalue weighted by molar-refractivity contribution is 6.17. The normalized spacial score (nSPS) is 18.7. The van der Waals surface area contributed by atoms with Gasteiger partial charge in [-0.15, -0.1) is 0 Å². The number of allylic oxidation sites excluding steroid dienone is 3. The summed E-state index contributed by atoms with van der Waals surface area (Å²) >= 11 is 0. The molecule has 0 aromatic heterocycles. The molecular formula is C11H14O3. The Bertz CT molecular complexity index is 310. The summed E-state index contributed by atoms with van der Waals surface area (Å²) in [4.78, 5) is 22.3. The van der Waals surface area contributed by atoms with Crippen LogP contribution in [0.1, 0.15) is 20.3 Å². The van der Waals surface area contributed by atoms with Crippen LogP contribution in [0.25, 0.3) is 0 Å². The SMILES string of the molecule is CC(C)CC(O)C1=CC(=O)C=CC1=O. The van der Waals surface area contributed by atoms with Crippen LogP contribution in [0, 0.1) is 5.92 Å². The second kappa shape index (κ2) is 4.33. The van der Waals surface area contributed by atoms with E-state index < -0.39 is 6.10 Å². The molecule has 1 N–H and O–H groups in total. The molecule has 0 bridgehead atoms. The lowest BCUT2D eigenvalue weighted by Crippen LogP contribution is -2.21. The van der Waals surface area contributed by atoms with Gasteiger partial charge >= 0.3 is 0 Å². The lowest BCUT2D eigenvalue weighted by atomic mass is 9.93. The van der Waals surface area contributed by atoms with Gasteiger partial charge in [0.1, 0.15) is 0 Å². The minimum atomic E-state index is -0.823. The Morgan fingerprint density at radius 3 is 2.50 bits per heavy atom. The van der Waals surface area contributed by atoms with Gasteiger partial charge in [0, 0.05) is 5.57 Å². The predicted molar refractivity (Wildman–Crippen MR) is 52.7 cm³/mol. The Labute approximate surface area is 83.1 Å². The van der Waals surface area contributed by atoms with Gasteiger partial charge in [-0.2, -0.15) is 0 Å². The van der Waals surface area contributed by atoms with E-state index in [1.807, 2.05) is 13.8 Å². The van der Waals surface area contributed by atoms with E-state index in [1.54, 1.807) is 0 Å². The summed E-state index contributed by atoms with van der Waals surface area (Å²) in [5.74, 6) is -0.208. The van der Waals surface area contributed by atoms with Crippen molar-refractivity contribution in [1.29, 1.82) is 0 Å². The number of aliphatic hydroxyl groups is 1. The first-order chi connectivity index (χ1) is 6.50. The lowest BCUT2D eigenvalue weighted by Gasteiger charge is -2.15. The van der Waals surface area contributed by atoms with Crippen molar-refractivity contribution >= 4 is 11.6 Å². The number of ketones is 2. The van der Waals surface area contributed by atoms with Gasteiger partial charge in [0.05, 0.1) is 6.10 Å². The van der Waals surface area contributed by atoms with Gasteiger partial charge in [-0.25, -0.2) is 0 Å². The molecule has 0 aromatic rings. The number of carbonyl (C=O) groups is 2. The maximum absolute atomic E-state index is 11.3. The largest absolute Gasteiger partial charge is 0.388 e. The molecule has 1 atom stereocenters. The summed E-state index contributed by atoms with van der Waals surface area (Å²) in [5.41, 5.74) is 0.214. The summed E-state index contributed by atoms with van der Waals surface area (Å²) in [5, 5.41) is 9.66. The van der Waals surface area contributed by atoms with Crippen molar-refractivity contribution < 1.29 is 14.7 Å². The van der Waals surface area contributed by atoms with Gasteiger partial charge in [0.25, 0.3) is 0 Å². The topological polar surface area (TPSA) is 54.4 Å². The maximum Gasteiger partial charge on any atom is 0.184 e. The lowest BCUT2D eigenvalue weighted by molar-refractivity contribution is -0.115. The molecule has 14 heavy (non-hydrogen) atoms. The average Bonchev–Trinajstić information content (AvgIpc) is 2.08. The first-order valence-electron chi connectivity index (χ1n) is 4.66. The molecule has 0 spiro atoms. The minimum absolute atomic E-state index is 0.214. The molecule has 0 amide bonds. The quantitative estimate of drug-likeness (QED) is 0.683. The second-order valence-corrected chi connectivity index (χ2v) is 3.84. The van der Waals surface area contributed by atoms with Crippen LogP contribution < -0.4 is 0 Å². The van der Waals surface area contributed by atoms with Crippen LogP contribution in [-0.2, 0) is 9.59 Å². The molecule has 1 aliphatic rings. The standard InChI is InChI=1S/C11H14O3/c1-7(2)5-11(14)9-6-8(12)3-4-10(9)13/h3-4,6-7,11,14H,5H2,1-2H3. The highest BCUT2D eigenvalue weighted by atomic mass is 16.3. The first kappa shape index (κ1) is 10.9. The molecule has 0 heterocycles. The summed E-state index contributed by atoms with van der Waals surface area (Å²) < 4.78 is 0. The maximum atomic E-state index is 11.3. The number of hydrogen-bond donors (Lipinski definition) is 1. The van der Waals surface area contributed by atoms with E-state index in [0.29, 0.717) is 12.3 Å². The Morgan fingerprint density at radius 2 is 1.93 bits per heavy atom. The molecule has 3 nitrogen and oxygen atoms in total. The van der Waals surface area contributed by atoms with Gasteiger partial charge < -0.3 is 5.11 Å². The van der Waals surface area contributed by atoms with E-state index in [9.17, 15) is 14.7 Å². The van der Waals surface area contributed by atoms with Gasteiger partial charge in [-0.1, -0.05) is 13.8 Å². The molecule has 1 aliphatic carbocycles. The molecule has 0 radical (unpaired) electrons. The van der Waals surface area contributed by atoms with Gasteiger partial charge in [0.2, 0.25) is 0 Å². The van der Waals surface area contributed by atoms with Crippen LogP contribution in [0.4, 0.5) is 0 Å². The average molecular weight is 194 g/mol. The molecule has 0 aliphatic heterocycles. The van der Waals surface area contributed by atoms with Crippen molar-refractivity contribution in [3.8, 4) is 0 Å². The Hall–Kier alpha value is -1.22. The van der Waals surface area contributed by atoms with Gasteiger partial charge in [0.15, 0.2) is 11.6 Å². The highest BCUT2D eigenvalue weighted by Crippen LogP contribution is 2.16. The molecule has 76 valence electrons. The monoisotopic (exact) mass is 194 g/mol. The van der Waals surface area contributed by atoms with E-state index in [2.05, 4.69) is 0 Å². The van der Waals surface area contributed by atoms with Crippen LogP contribution in [0.15, 0.2) is 23.8 Å². The van der Waals surface area contributed by atoms with E-state index in [4.69, 9.17) is 0 Å².